The van der Waals surface area contributed by atoms with E-state index in [-0.39, 0.29) is 17.8 Å². The van der Waals surface area contributed by atoms with Crippen LogP contribution in [0.3, 0.4) is 0 Å². The zero-order valence-electron chi connectivity index (χ0n) is 12.4. The largest absolute Gasteiger partial charge is 0.398 e. The van der Waals surface area contributed by atoms with Gasteiger partial charge in [0.25, 0.3) is 0 Å². The minimum Gasteiger partial charge on any atom is -0.398 e. The number of benzene rings is 1. The number of rotatable bonds is 5. The molecule has 1 fully saturated rings. The number of nitrogen functional groups attached to an aromatic ring is 1. The topological polar surface area (TPSA) is 75.4 Å². The van der Waals surface area contributed by atoms with E-state index in [0.717, 1.165) is 31.7 Å². The van der Waals surface area contributed by atoms with E-state index in [4.69, 9.17) is 5.73 Å². The van der Waals surface area contributed by atoms with Crippen LogP contribution in [0.5, 0.6) is 0 Å². The van der Waals surface area contributed by atoms with Gasteiger partial charge in [-0.3, -0.25) is 0 Å². The Bertz CT molecular complexity index is 590. The molecule has 1 aromatic carbocycles. The van der Waals surface area contributed by atoms with Gasteiger partial charge >= 0.3 is 0 Å². The van der Waals surface area contributed by atoms with Crippen LogP contribution in [0.1, 0.15) is 25.7 Å². The number of anilines is 1. The van der Waals surface area contributed by atoms with Crippen molar-refractivity contribution in [2.24, 2.45) is 0 Å². The summed E-state index contributed by atoms with van der Waals surface area (Å²) in [4.78, 5) is 1.59. The molecule has 1 aromatic rings. The van der Waals surface area contributed by atoms with E-state index in [1.807, 2.05) is 19.0 Å². The summed E-state index contributed by atoms with van der Waals surface area (Å²) in [6, 6.07) is 3.87. The Balaban J connectivity index is 2.22. The third-order valence-electron chi connectivity index (χ3n) is 4.34. The fraction of sp³-hybridized carbons (Fsp3) is 0.571. The fourth-order valence-corrected chi connectivity index (χ4v) is 4.23. The summed E-state index contributed by atoms with van der Waals surface area (Å²) in [5.41, 5.74) is 5.34. The lowest BCUT2D eigenvalue weighted by atomic mass is 9.97. The summed E-state index contributed by atoms with van der Waals surface area (Å²) < 4.78 is 41.0. The van der Waals surface area contributed by atoms with E-state index in [9.17, 15) is 12.8 Å². The number of hydrogen-bond acceptors (Lipinski definition) is 4. The van der Waals surface area contributed by atoms with Crippen LogP contribution in [-0.2, 0) is 10.0 Å². The summed E-state index contributed by atoms with van der Waals surface area (Å²) >= 11 is 0. The average Bonchev–Trinajstić information content (AvgIpc) is 2.86. The first-order chi connectivity index (χ1) is 9.78. The molecule has 5 nitrogen and oxygen atoms in total. The first kappa shape index (κ1) is 16.2. The lowest BCUT2D eigenvalue weighted by Crippen LogP contribution is -2.50. The lowest BCUT2D eigenvalue weighted by molar-refractivity contribution is 0.162. The molecule has 118 valence electrons. The molecule has 0 atom stereocenters. The van der Waals surface area contributed by atoms with E-state index in [2.05, 4.69) is 4.72 Å². The zero-order valence-corrected chi connectivity index (χ0v) is 13.2. The maximum absolute atomic E-state index is 13.8. The third-order valence-corrected chi connectivity index (χ3v) is 5.83. The van der Waals surface area contributed by atoms with Crippen LogP contribution in [0.15, 0.2) is 23.1 Å². The number of nitrogens with two attached hydrogens (primary N) is 1. The first-order valence-corrected chi connectivity index (χ1v) is 8.48. The number of halogens is 1. The molecule has 2 rings (SSSR count). The molecule has 0 aromatic heterocycles. The second-order valence-electron chi connectivity index (χ2n) is 5.81. The predicted octanol–water partition coefficient (Wildman–Crippen LogP) is 1.56. The molecule has 0 radical (unpaired) electrons. The van der Waals surface area contributed by atoms with Crippen LogP contribution in [0.25, 0.3) is 0 Å². The average molecular weight is 315 g/mol. The molecule has 1 aliphatic carbocycles. The number of nitrogens with one attached hydrogen (secondary N) is 1. The number of sulfonamides is 1. The van der Waals surface area contributed by atoms with Gasteiger partial charge in [0.2, 0.25) is 10.0 Å². The van der Waals surface area contributed by atoms with Gasteiger partial charge in [-0.25, -0.2) is 17.5 Å². The van der Waals surface area contributed by atoms with Crippen molar-refractivity contribution in [3.8, 4) is 0 Å². The van der Waals surface area contributed by atoms with Crippen LogP contribution in [-0.4, -0.2) is 39.5 Å². The van der Waals surface area contributed by atoms with Crippen molar-refractivity contribution in [3.63, 3.8) is 0 Å². The fourth-order valence-electron chi connectivity index (χ4n) is 2.93. The highest BCUT2D eigenvalue weighted by molar-refractivity contribution is 7.89. The van der Waals surface area contributed by atoms with Gasteiger partial charge in [-0.15, -0.1) is 0 Å². The Morgan fingerprint density at radius 2 is 1.95 bits per heavy atom. The SMILES string of the molecule is CN(C)C1(CNS(=O)(=O)c2c(N)cccc2F)CCCC1. The molecular weight excluding hydrogens is 293 g/mol. The van der Waals surface area contributed by atoms with Gasteiger partial charge in [-0.2, -0.15) is 0 Å². The molecule has 0 amide bonds. The molecule has 0 bridgehead atoms. The summed E-state index contributed by atoms with van der Waals surface area (Å²) in [5.74, 6) is -0.826. The van der Waals surface area contributed by atoms with E-state index in [1.165, 1.54) is 12.1 Å². The van der Waals surface area contributed by atoms with E-state index < -0.39 is 20.7 Å². The van der Waals surface area contributed by atoms with Crippen molar-refractivity contribution < 1.29 is 12.8 Å². The Labute approximate surface area is 125 Å². The third kappa shape index (κ3) is 3.20. The number of likely N-dealkylation sites (N-methyl/N-ethyl adjacent to an activating group) is 1. The molecule has 3 N–H and O–H groups in total. The Morgan fingerprint density at radius 1 is 1.33 bits per heavy atom. The Hall–Kier alpha value is -1.18. The molecule has 0 spiro atoms. The van der Waals surface area contributed by atoms with Crippen molar-refractivity contribution in [3.05, 3.63) is 24.0 Å². The van der Waals surface area contributed by atoms with Gasteiger partial charge in [0.1, 0.15) is 10.7 Å². The van der Waals surface area contributed by atoms with Crippen molar-refractivity contribution in [1.82, 2.24) is 9.62 Å². The van der Waals surface area contributed by atoms with Gasteiger partial charge in [-0.1, -0.05) is 18.9 Å². The smallest absolute Gasteiger partial charge is 0.245 e. The van der Waals surface area contributed by atoms with Gasteiger partial charge in [0.05, 0.1) is 5.69 Å². The summed E-state index contributed by atoms with van der Waals surface area (Å²) in [7, 11) is -0.0743. The van der Waals surface area contributed by atoms with Crippen molar-refractivity contribution in [1.29, 1.82) is 0 Å². The highest BCUT2D eigenvalue weighted by Crippen LogP contribution is 2.33. The first-order valence-electron chi connectivity index (χ1n) is 7.00. The maximum Gasteiger partial charge on any atom is 0.245 e. The van der Waals surface area contributed by atoms with E-state index >= 15 is 0 Å². The molecule has 1 aliphatic rings. The van der Waals surface area contributed by atoms with Crippen molar-refractivity contribution in [2.45, 2.75) is 36.1 Å². The Morgan fingerprint density at radius 3 is 2.48 bits per heavy atom. The highest BCUT2D eigenvalue weighted by atomic mass is 32.2. The lowest BCUT2D eigenvalue weighted by Gasteiger charge is -2.36. The van der Waals surface area contributed by atoms with Crippen LogP contribution in [0.4, 0.5) is 10.1 Å². The van der Waals surface area contributed by atoms with Crippen molar-refractivity contribution >= 4 is 15.7 Å². The van der Waals surface area contributed by atoms with E-state index in [1.54, 1.807) is 0 Å². The summed E-state index contributed by atoms with van der Waals surface area (Å²) in [6.45, 7) is 0.260. The van der Waals surface area contributed by atoms with Crippen molar-refractivity contribution in [2.75, 3.05) is 26.4 Å². The minimum absolute atomic E-state index is 0.0761. The van der Waals surface area contributed by atoms with Gasteiger partial charge < -0.3 is 10.6 Å². The van der Waals surface area contributed by atoms with Crippen LogP contribution in [0, 0.1) is 5.82 Å². The quantitative estimate of drug-likeness (QED) is 0.809. The molecule has 21 heavy (non-hydrogen) atoms. The molecule has 0 saturated heterocycles. The van der Waals surface area contributed by atoms with E-state index in [0.29, 0.717) is 0 Å². The molecular formula is C14H22FN3O2S. The monoisotopic (exact) mass is 315 g/mol. The minimum atomic E-state index is -3.96. The predicted molar refractivity (Wildman–Crippen MR) is 80.9 cm³/mol. The highest BCUT2D eigenvalue weighted by Gasteiger charge is 2.37. The van der Waals surface area contributed by atoms with Crippen LogP contribution in [0.2, 0.25) is 0 Å². The second-order valence-corrected chi connectivity index (χ2v) is 7.51. The molecule has 1 saturated carbocycles. The summed E-state index contributed by atoms with van der Waals surface area (Å²) in [5, 5.41) is 0. The van der Waals surface area contributed by atoms with Gasteiger partial charge in [-0.05, 0) is 39.1 Å². The normalized spacial score (nSPS) is 18.3. The number of nitrogens with zero attached hydrogens (tertiary/aromatic N) is 1. The zero-order chi connectivity index (χ0) is 15.7. The van der Waals surface area contributed by atoms with Crippen LogP contribution < -0.4 is 10.5 Å². The Kier molecular flexibility index (Phi) is 4.55. The second kappa shape index (κ2) is 5.90. The number of hydrogen-bond donors (Lipinski definition) is 2. The van der Waals surface area contributed by atoms with Gasteiger partial charge in [0.15, 0.2) is 0 Å². The van der Waals surface area contributed by atoms with Gasteiger partial charge in [0, 0.05) is 12.1 Å². The molecule has 0 unspecified atom stereocenters. The summed E-state index contributed by atoms with van der Waals surface area (Å²) in [6.07, 6.45) is 3.99. The van der Waals surface area contributed by atoms with Crippen LogP contribution >= 0.6 is 0 Å². The molecule has 0 aliphatic heterocycles. The maximum atomic E-state index is 13.8. The standard InChI is InChI=1S/C14H22FN3O2S/c1-18(2)14(8-3-4-9-14)10-17-21(19,20)13-11(15)6-5-7-12(13)16/h5-7,17H,3-4,8-10,16H2,1-2H3. The molecule has 0 heterocycles. The molecule has 7 heteroatoms.